The standard InChI is InChI=1S/C22H20ClF3N4O5S/c1-10-8-36-19(27-10)18-28-14(7-30-9-22(25,26)6-15(30)20(31)32)17(35-21(33)34-2)16(29-18)12-4-3-11(24)5-13(12)23/h3-5,8,15-16H,6-7,9H2,1-2H3,(H,28,29)(H,31,32)/t15-,16+/m0/s1. The smallest absolute Gasteiger partial charge is 0.480 e. The number of amidine groups is 1. The maximum absolute atomic E-state index is 14.2. The molecule has 1 fully saturated rings. The Balaban J connectivity index is 1.84. The topological polar surface area (TPSA) is 113 Å². The molecule has 2 atom stereocenters. The summed E-state index contributed by atoms with van der Waals surface area (Å²) >= 11 is 7.54. The number of halogens is 4. The fraction of sp³-hybridized carbons (Fsp3) is 0.364. The Morgan fingerprint density at radius 3 is 2.75 bits per heavy atom. The van der Waals surface area contributed by atoms with Gasteiger partial charge in [-0.1, -0.05) is 17.7 Å². The molecule has 4 rings (SSSR count). The fourth-order valence-corrected chi connectivity index (χ4v) is 4.98. The van der Waals surface area contributed by atoms with Gasteiger partial charge in [-0.05, 0) is 19.1 Å². The van der Waals surface area contributed by atoms with E-state index in [1.807, 2.05) is 0 Å². The van der Waals surface area contributed by atoms with Crippen LogP contribution in [0, 0.1) is 12.7 Å². The SMILES string of the molecule is COC(=O)OC1=C(CN2CC(F)(F)C[C@H]2C(=O)O)NC(c2nc(C)cs2)=N[C@@H]1c1ccc(F)cc1Cl. The number of methoxy groups -OCH3 is 1. The van der Waals surface area contributed by atoms with Gasteiger partial charge in [0.2, 0.25) is 0 Å². The highest BCUT2D eigenvalue weighted by molar-refractivity contribution is 7.11. The number of likely N-dealkylation sites (tertiary alicyclic amines) is 1. The van der Waals surface area contributed by atoms with E-state index in [1.54, 1.807) is 12.3 Å². The van der Waals surface area contributed by atoms with Crippen molar-refractivity contribution in [1.82, 2.24) is 15.2 Å². The van der Waals surface area contributed by atoms with Crippen LogP contribution in [0.1, 0.15) is 28.7 Å². The molecule has 1 aromatic carbocycles. The lowest BCUT2D eigenvalue weighted by Gasteiger charge is -2.30. The van der Waals surface area contributed by atoms with Crippen molar-refractivity contribution < 1.29 is 37.3 Å². The number of carboxylic acids is 1. The van der Waals surface area contributed by atoms with Crippen molar-refractivity contribution in [1.29, 1.82) is 0 Å². The minimum absolute atomic E-state index is 0.0262. The number of ether oxygens (including phenoxy) is 2. The van der Waals surface area contributed by atoms with Gasteiger partial charge in [-0.15, -0.1) is 11.3 Å². The average molecular weight is 545 g/mol. The molecule has 0 radical (unpaired) electrons. The van der Waals surface area contributed by atoms with Crippen LogP contribution in [0.15, 0.2) is 40.0 Å². The third-order valence-corrected chi connectivity index (χ3v) is 6.82. The molecule has 0 spiro atoms. The molecule has 9 nitrogen and oxygen atoms in total. The normalized spacial score (nSPS) is 21.7. The van der Waals surface area contributed by atoms with E-state index in [9.17, 15) is 27.9 Å². The summed E-state index contributed by atoms with van der Waals surface area (Å²) in [5, 5.41) is 14.7. The van der Waals surface area contributed by atoms with Crippen LogP contribution in [-0.2, 0) is 14.3 Å². The number of benzene rings is 1. The van der Waals surface area contributed by atoms with Crippen molar-refractivity contribution in [3.8, 4) is 0 Å². The van der Waals surface area contributed by atoms with Gasteiger partial charge < -0.3 is 19.9 Å². The molecule has 0 unspecified atom stereocenters. The number of carboxylic acid groups (broad SMARTS) is 1. The van der Waals surface area contributed by atoms with Crippen molar-refractivity contribution in [2.45, 2.75) is 31.4 Å². The van der Waals surface area contributed by atoms with Crippen molar-refractivity contribution in [3.63, 3.8) is 0 Å². The molecule has 2 N–H and O–H groups in total. The quantitative estimate of drug-likeness (QED) is 0.522. The van der Waals surface area contributed by atoms with Gasteiger partial charge in [-0.25, -0.2) is 27.9 Å². The van der Waals surface area contributed by atoms with Gasteiger partial charge in [0.15, 0.2) is 16.6 Å². The third-order valence-electron chi connectivity index (χ3n) is 5.53. The molecule has 3 heterocycles. The number of carbonyl (C=O) groups is 2. The molecular weight excluding hydrogens is 525 g/mol. The first-order valence-electron chi connectivity index (χ1n) is 10.5. The van der Waals surface area contributed by atoms with E-state index in [0.717, 1.165) is 24.1 Å². The molecule has 14 heteroatoms. The second-order valence-electron chi connectivity index (χ2n) is 8.18. The summed E-state index contributed by atoms with van der Waals surface area (Å²) in [6.45, 7) is 0.576. The summed E-state index contributed by atoms with van der Waals surface area (Å²) < 4.78 is 52.1. The lowest BCUT2D eigenvalue weighted by molar-refractivity contribution is -0.142. The predicted octanol–water partition coefficient (Wildman–Crippen LogP) is 4.12. The van der Waals surface area contributed by atoms with Gasteiger partial charge in [-0.3, -0.25) is 9.69 Å². The summed E-state index contributed by atoms with van der Waals surface area (Å²) in [7, 11) is 1.08. The van der Waals surface area contributed by atoms with Crippen LogP contribution in [-0.4, -0.2) is 65.1 Å². The second kappa shape index (κ2) is 10.1. The van der Waals surface area contributed by atoms with Crippen molar-refractivity contribution in [3.05, 3.63) is 62.1 Å². The molecular formula is C22H20ClF3N4O5S. The number of hydrogen-bond donors (Lipinski definition) is 2. The van der Waals surface area contributed by atoms with Gasteiger partial charge >= 0.3 is 12.1 Å². The van der Waals surface area contributed by atoms with Crippen LogP contribution >= 0.6 is 22.9 Å². The number of hydrogen-bond acceptors (Lipinski definition) is 9. The molecule has 192 valence electrons. The average Bonchev–Trinajstić information content (AvgIpc) is 3.37. The zero-order chi connectivity index (χ0) is 26.2. The highest BCUT2D eigenvalue weighted by atomic mass is 35.5. The van der Waals surface area contributed by atoms with E-state index in [2.05, 4.69) is 20.0 Å². The summed E-state index contributed by atoms with van der Waals surface area (Å²) in [4.78, 5) is 33.8. The fourth-order valence-electron chi connectivity index (χ4n) is 3.96. The number of nitrogens with one attached hydrogen (secondary N) is 1. The highest BCUT2D eigenvalue weighted by Crippen LogP contribution is 2.38. The minimum atomic E-state index is -3.23. The Kier molecular flexibility index (Phi) is 7.25. The summed E-state index contributed by atoms with van der Waals surface area (Å²) in [5.41, 5.74) is 1.03. The van der Waals surface area contributed by atoms with Crippen LogP contribution in [0.4, 0.5) is 18.0 Å². The molecule has 0 aliphatic carbocycles. The first-order chi connectivity index (χ1) is 17.0. The first kappa shape index (κ1) is 25.9. The number of nitrogens with zero attached hydrogens (tertiary/aromatic N) is 3. The Labute approximate surface area is 212 Å². The van der Waals surface area contributed by atoms with Crippen LogP contribution < -0.4 is 5.32 Å². The summed E-state index contributed by atoms with van der Waals surface area (Å²) in [5.74, 6) is -5.21. The molecule has 0 amide bonds. The van der Waals surface area contributed by atoms with Crippen molar-refractivity contribution in [2.24, 2.45) is 4.99 Å². The first-order valence-corrected chi connectivity index (χ1v) is 11.8. The summed E-state index contributed by atoms with van der Waals surface area (Å²) in [6, 6.07) is 0.941. The van der Waals surface area contributed by atoms with E-state index >= 15 is 0 Å². The number of aryl methyl sites for hydroxylation is 1. The second-order valence-corrected chi connectivity index (χ2v) is 9.45. The molecule has 0 saturated carbocycles. The van der Waals surface area contributed by atoms with Gasteiger partial charge in [0.1, 0.15) is 17.9 Å². The van der Waals surface area contributed by atoms with Crippen LogP contribution in [0.5, 0.6) is 0 Å². The van der Waals surface area contributed by atoms with E-state index in [4.69, 9.17) is 16.3 Å². The minimum Gasteiger partial charge on any atom is -0.480 e. The maximum atomic E-state index is 14.2. The Bertz CT molecular complexity index is 1270. The zero-order valence-corrected chi connectivity index (χ0v) is 20.5. The van der Waals surface area contributed by atoms with Crippen LogP contribution in [0.25, 0.3) is 0 Å². The zero-order valence-electron chi connectivity index (χ0n) is 18.9. The van der Waals surface area contributed by atoms with Crippen LogP contribution in [0.3, 0.4) is 0 Å². The number of thiazole rings is 1. The summed E-state index contributed by atoms with van der Waals surface area (Å²) in [6.07, 6.45) is -2.00. The van der Waals surface area contributed by atoms with Gasteiger partial charge in [-0.2, -0.15) is 0 Å². The van der Waals surface area contributed by atoms with E-state index in [1.165, 1.54) is 17.4 Å². The van der Waals surface area contributed by atoms with Crippen molar-refractivity contribution in [2.75, 3.05) is 20.2 Å². The monoisotopic (exact) mass is 544 g/mol. The van der Waals surface area contributed by atoms with Gasteiger partial charge in [0.05, 0.1) is 19.4 Å². The van der Waals surface area contributed by atoms with Crippen molar-refractivity contribution >= 4 is 40.9 Å². The van der Waals surface area contributed by atoms with Gasteiger partial charge in [0, 0.05) is 34.6 Å². The van der Waals surface area contributed by atoms with E-state index in [-0.39, 0.29) is 34.4 Å². The molecule has 0 bridgehead atoms. The number of aliphatic imine (C=N–C) groups is 1. The third kappa shape index (κ3) is 5.47. The predicted molar refractivity (Wildman–Crippen MR) is 124 cm³/mol. The number of alkyl halides is 2. The molecule has 2 aliphatic rings. The lowest BCUT2D eigenvalue weighted by atomic mass is 10.0. The largest absolute Gasteiger partial charge is 0.513 e. The van der Waals surface area contributed by atoms with E-state index < -0.39 is 48.9 Å². The van der Waals surface area contributed by atoms with Gasteiger partial charge in [0.25, 0.3) is 5.92 Å². The molecule has 1 aromatic heterocycles. The van der Waals surface area contributed by atoms with E-state index in [0.29, 0.717) is 10.7 Å². The number of aliphatic carboxylic acids is 1. The lowest BCUT2D eigenvalue weighted by Crippen LogP contribution is -2.43. The number of rotatable bonds is 6. The number of carbonyl (C=O) groups excluding carboxylic acids is 1. The Morgan fingerprint density at radius 1 is 1.39 bits per heavy atom. The molecule has 1 saturated heterocycles. The Hall–Kier alpha value is -3.16. The maximum Gasteiger partial charge on any atom is 0.513 e. The Morgan fingerprint density at radius 2 is 2.14 bits per heavy atom. The van der Waals surface area contributed by atoms with Crippen LogP contribution in [0.2, 0.25) is 5.02 Å². The highest BCUT2D eigenvalue weighted by Gasteiger charge is 2.49. The number of aromatic nitrogens is 1. The molecule has 2 aromatic rings. The molecule has 2 aliphatic heterocycles. The molecule has 36 heavy (non-hydrogen) atoms.